The van der Waals surface area contributed by atoms with Gasteiger partial charge in [0.05, 0.1) is 6.04 Å². The zero-order valence-electron chi connectivity index (χ0n) is 12.5. The fourth-order valence-electron chi connectivity index (χ4n) is 4.13. The highest BCUT2D eigenvalue weighted by atomic mass is 79.9. The minimum atomic E-state index is 0.128. The molecule has 3 unspecified atom stereocenters. The van der Waals surface area contributed by atoms with Gasteiger partial charge in [0.15, 0.2) is 0 Å². The Morgan fingerprint density at radius 1 is 1.09 bits per heavy atom. The van der Waals surface area contributed by atoms with Crippen LogP contribution in [0, 0.1) is 0 Å². The molecule has 0 N–H and O–H groups in total. The third-order valence-corrected chi connectivity index (χ3v) is 5.91. The predicted octanol–water partition coefficient (Wildman–Crippen LogP) is 5.11. The predicted molar refractivity (Wildman–Crippen MR) is 92.4 cm³/mol. The second-order valence-electron chi connectivity index (χ2n) is 6.18. The largest absolute Gasteiger partial charge is 0.304 e. The maximum absolute atomic E-state index is 12.4. The quantitative estimate of drug-likeness (QED) is 0.651. The zero-order valence-corrected chi connectivity index (χ0v) is 14.1. The summed E-state index contributed by atoms with van der Waals surface area (Å²) < 4.78 is 0. The van der Waals surface area contributed by atoms with Gasteiger partial charge >= 0.3 is 0 Å². The molecule has 0 bridgehead atoms. The summed E-state index contributed by atoms with van der Waals surface area (Å²) in [4.78, 5) is 14.8. The van der Waals surface area contributed by atoms with E-state index >= 15 is 0 Å². The number of benzene rings is 2. The molecule has 0 spiro atoms. The van der Waals surface area contributed by atoms with Gasteiger partial charge in [0, 0.05) is 23.4 Å². The van der Waals surface area contributed by atoms with Crippen molar-refractivity contribution in [2.45, 2.75) is 36.6 Å². The van der Waals surface area contributed by atoms with E-state index in [9.17, 15) is 4.79 Å². The summed E-state index contributed by atoms with van der Waals surface area (Å²) in [7, 11) is 0. The Labute approximate surface area is 139 Å². The van der Waals surface area contributed by atoms with E-state index < -0.39 is 0 Å². The molecule has 3 heteroatoms. The SMILES string of the molecule is CC(=O)N1c2cccc3c2C(CCC3Br)C1c1ccccc1. The first kappa shape index (κ1) is 14.0. The lowest BCUT2D eigenvalue weighted by atomic mass is 9.79. The van der Waals surface area contributed by atoms with Crippen LogP contribution in [0.25, 0.3) is 0 Å². The van der Waals surface area contributed by atoms with Crippen LogP contribution in [0.15, 0.2) is 48.5 Å². The van der Waals surface area contributed by atoms with E-state index in [-0.39, 0.29) is 11.9 Å². The Balaban J connectivity index is 1.93. The second kappa shape index (κ2) is 5.24. The first-order chi connectivity index (χ1) is 10.7. The van der Waals surface area contributed by atoms with Crippen molar-refractivity contribution in [2.24, 2.45) is 0 Å². The van der Waals surface area contributed by atoms with E-state index in [2.05, 4.69) is 58.4 Å². The van der Waals surface area contributed by atoms with Crippen LogP contribution in [0.4, 0.5) is 5.69 Å². The molecular weight excluding hydrogens is 338 g/mol. The van der Waals surface area contributed by atoms with Gasteiger partial charge in [-0.1, -0.05) is 58.4 Å². The van der Waals surface area contributed by atoms with Crippen LogP contribution in [0.2, 0.25) is 0 Å². The summed E-state index contributed by atoms with van der Waals surface area (Å²) in [6.07, 6.45) is 2.24. The van der Waals surface area contributed by atoms with E-state index in [4.69, 9.17) is 0 Å². The molecule has 0 saturated heterocycles. The van der Waals surface area contributed by atoms with E-state index in [1.807, 2.05) is 11.0 Å². The van der Waals surface area contributed by atoms with Crippen molar-refractivity contribution in [3.05, 3.63) is 65.2 Å². The topological polar surface area (TPSA) is 20.3 Å². The molecule has 0 radical (unpaired) electrons. The van der Waals surface area contributed by atoms with Gasteiger partial charge in [-0.05, 0) is 35.6 Å². The van der Waals surface area contributed by atoms with Crippen molar-refractivity contribution < 1.29 is 4.79 Å². The lowest BCUT2D eigenvalue weighted by molar-refractivity contribution is -0.117. The van der Waals surface area contributed by atoms with Gasteiger partial charge in [-0.15, -0.1) is 0 Å². The average molecular weight is 356 g/mol. The Kier molecular flexibility index (Phi) is 3.33. The summed E-state index contributed by atoms with van der Waals surface area (Å²) >= 11 is 3.81. The summed E-state index contributed by atoms with van der Waals surface area (Å²) in [5.74, 6) is 0.536. The van der Waals surface area contributed by atoms with Gasteiger partial charge < -0.3 is 4.90 Å². The number of rotatable bonds is 1. The summed E-state index contributed by atoms with van der Waals surface area (Å²) in [6.45, 7) is 1.68. The highest BCUT2D eigenvalue weighted by Crippen LogP contribution is 2.57. The smallest absolute Gasteiger partial charge is 0.224 e. The zero-order chi connectivity index (χ0) is 15.3. The van der Waals surface area contributed by atoms with Crippen LogP contribution in [-0.2, 0) is 4.79 Å². The molecule has 3 atom stereocenters. The number of hydrogen-bond acceptors (Lipinski definition) is 1. The molecule has 112 valence electrons. The highest BCUT2D eigenvalue weighted by molar-refractivity contribution is 9.09. The molecule has 2 nitrogen and oxygen atoms in total. The lowest BCUT2D eigenvalue weighted by Gasteiger charge is -2.30. The Bertz CT molecular complexity index is 727. The average Bonchev–Trinajstić information content (AvgIpc) is 2.88. The Morgan fingerprint density at radius 2 is 1.86 bits per heavy atom. The first-order valence-electron chi connectivity index (χ1n) is 7.80. The molecule has 1 amide bonds. The first-order valence-corrected chi connectivity index (χ1v) is 8.71. The normalized spacial score (nSPS) is 25.9. The number of carbonyl (C=O) groups excluding carboxylic acids is 1. The van der Waals surface area contributed by atoms with Crippen molar-refractivity contribution in [2.75, 3.05) is 4.90 Å². The van der Waals surface area contributed by atoms with Crippen molar-refractivity contribution >= 4 is 27.5 Å². The lowest BCUT2D eigenvalue weighted by Crippen LogP contribution is -2.31. The number of nitrogens with zero attached hydrogens (tertiary/aromatic N) is 1. The number of halogens is 1. The Hall–Kier alpha value is -1.61. The number of alkyl halides is 1. The Morgan fingerprint density at radius 3 is 2.59 bits per heavy atom. The fourth-order valence-corrected chi connectivity index (χ4v) is 4.79. The van der Waals surface area contributed by atoms with Gasteiger partial charge in [0.25, 0.3) is 0 Å². The van der Waals surface area contributed by atoms with Gasteiger partial charge in [-0.2, -0.15) is 0 Å². The highest BCUT2D eigenvalue weighted by Gasteiger charge is 2.44. The molecule has 1 aliphatic carbocycles. The third kappa shape index (κ3) is 1.95. The van der Waals surface area contributed by atoms with Crippen molar-refractivity contribution in [3.63, 3.8) is 0 Å². The molecule has 1 heterocycles. The minimum absolute atomic E-state index is 0.128. The van der Waals surface area contributed by atoms with Crippen LogP contribution in [-0.4, -0.2) is 5.91 Å². The molecule has 22 heavy (non-hydrogen) atoms. The molecule has 2 aliphatic rings. The van der Waals surface area contributed by atoms with E-state index in [0.717, 1.165) is 18.5 Å². The van der Waals surface area contributed by atoms with Crippen molar-refractivity contribution in [1.29, 1.82) is 0 Å². The van der Waals surface area contributed by atoms with E-state index in [0.29, 0.717) is 10.7 Å². The van der Waals surface area contributed by atoms with Crippen molar-refractivity contribution in [1.82, 2.24) is 0 Å². The van der Waals surface area contributed by atoms with Crippen LogP contribution in [0.5, 0.6) is 0 Å². The van der Waals surface area contributed by atoms with Gasteiger partial charge in [-0.3, -0.25) is 4.79 Å². The number of amides is 1. The van der Waals surface area contributed by atoms with Crippen LogP contribution in [0.3, 0.4) is 0 Å². The fraction of sp³-hybridized carbons (Fsp3) is 0.316. The molecule has 2 aromatic rings. The molecule has 0 aromatic heterocycles. The molecular formula is C19H18BrNO. The number of carbonyl (C=O) groups is 1. The summed E-state index contributed by atoms with van der Waals surface area (Å²) in [5.41, 5.74) is 5.07. The summed E-state index contributed by atoms with van der Waals surface area (Å²) in [5, 5.41) is 0. The maximum atomic E-state index is 12.4. The van der Waals surface area contributed by atoms with Crippen LogP contribution >= 0.6 is 15.9 Å². The summed E-state index contributed by atoms with van der Waals surface area (Å²) in [6, 6.07) is 17.0. The third-order valence-electron chi connectivity index (χ3n) is 4.96. The molecule has 0 saturated carbocycles. The van der Waals surface area contributed by atoms with Gasteiger partial charge in [-0.25, -0.2) is 0 Å². The molecule has 1 aliphatic heterocycles. The molecule has 0 fully saturated rings. The number of anilines is 1. The van der Waals surface area contributed by atoms with E-state index in [1.165, 1.54) is 16.7 Å². The second-order valence-corrected chi connectivity index (χ2v) is 7.28. The van der Waals surface area contributed by atoms with Gasteiger partial charge in [0.1, 0.15) is 0 Å². The monoisotopic (exact) mass is 355 g/mol. The maximum Gasteiger partial charge on any atom is 0.224 e. The van der Waals surface area contributed by atoms with Crippen molar-refractivity contribution in [3.8, 4) is 0 Å². The molecule has 2 aromatic carbocycles. The standard InChI is InChI=1S/C19H18BrNO/c1-12(22)21-17-9-5-8-14-16(20)11-10-15(18(14)17)19(21)13-6-3-2-4-7-13/h2-9,15-16,19H,10-11H2,1H3. The number of hydrogen-bond donors (Lipinski definition) is 0. The molecule has 4 rings (SSSR count). The van der Waals surface area contributed by atoms with Crippen LogP contribution in [0.1, 0.15) is 53.2 Å². The van der Waals surface area contributed by atoms with E-state index in [1.54, 1.807) is 6.92 Å². The van der Waals surface area contributed by atoms with Gasteiger partial charge in [0.2, 0.25) is 5.91 Å². The minimum Gasteiger partial charge on any atom is -0.304 e. The van der Waals surface area contributed by atoms with Crippen LogP contribution < -0.4 is 4.90 Å².